The summed E-state index contributed by atoms with van der Waals surface area (Å²) in [6, 6.07) is 14.8. The van der Waals surface area contributed by atoms with E-state index in [-0.39, 0.29) is 5.91 Å². The fraction of sp³-hybridized carbons (Fsp3) is 0.467. The highest BCUT2D eigenvalue weighted by Crippen LogP contribution is 2.42. The van der Waals surface area contributed by atoms with Crippen LogP contribution in [0.2, 0.25) is 0 Å². The number of nitrogens with zero attached hydrogens (tertiary/aromatic N) is 2. The molecule has 15 heteroatoms. The number of aryl methyl sites for hydroxylation is 2. The highest BCUT2D eigenvalue weighted by atomic mass is 19.4. The van der Waals surface area contributed by atoms with Crippen LogP contribution in [0.15, 0.2) is 42.5 Å². The summed E-state index contributed by atoms with van der Waals surface area (Å²) < 4.78 is 65.8. The van der Waals surface area contributed by atoms with Crippen molar-refractivity contribution in [3.8, 4) is 0 Å². The number of aromatic nitrogens is 2. The van der Waals surface area contributed by atoms with Gasteiger partial charge in [0.1, 0.15) is 5.82 Å². The van der Waals surface area contributed by atoms with Crippen LogP contribution < -0.4 is 10.6 Å². The number of nitrogens with one attached hydrogen (secondary N) is 2. The summed E-state index contributed by atoms with van der Waals surface area (Å²) in [4.78, 5) is 35.6. The van der Waals surface area contributed by atoms with Gasteiger partial charge in [-0.1, -0.05) is 18.6 Å². The van der Waals surface area contributed by atoms with Crippen molar-refractivity contribution in [1.82, 2.24) is 14.9 Å². The van der Waals surface area contributed by atoms with Gasteiger partial charge in [-0.3, -0.25) is 4.79 Å². The first-order chi connectivity index (χ1) is 21.1. The van der Waals surface area contributed by atoms with Gasteiger partial charge in [-0.15, -0.1) is 0 Å². The van der Waals surface area contributed by atoms with Crippen LogP contribution in [-0.4, -0.2) is 62.5 Å². The lowest BCUT2D eigenvalue weighted by molar-refractivity contribution is -0.193. The average molecular weight is 643 g/mol. The largest absolute Gasteiger partial charge is 0.490 e. The Labute approximate surface area is 253 Å². The van der Waals surface area contributed by atoms with Crippen molar-refractivity contribution in [2.45, 2.75) is 75.8 Å². The normalized spacial score (nSPS) is 19.2. The Bertz CT molecular complexity index is 1510. The van der Waals surface area contributed by atoms with Gasteiger partial charge < -0.3 is 25.4 Å². The van der Waals surface area contributed by atoms with Gasteiger partial charge in [0.25, 0.3) is 5.91 Å². The molecule has 6 rings (SSSR count). The molecule has 0 radical (unpaired) electrons. The third kappa shape index (κ3) is 9.67. The van der Waals surface area contributed by atoms with Crippen molar-refractivity contribution < 1.29 is 50.9 Å². The summed E-state index contributed by atoms with van der Waals surface area (Å²) in [5, 5.41) is 21.0. The summed E-state index contributed by atoms with van der Waals surface area (Å²) in [7, 11) is 0. The zero-order chi connectivity index (χ0) is 32.9. The van der Waals surface area contributed by atoms with Crippen molar-refractivity contribution >= 4 is 34.6 Å². The molecule has 3 aromatic rings. The van der Waals surface area contributed by atoms with E-state index in [2.05, 4.69) is 33.4 Å². The minimum absolute atomic E-state index is 0.0508. The number of carbonyl (C=O) groups is 3. The van der Waals surface area contributed by atoms with Crippen molar-refractivity contribution in [2.24, 2.45) is 5.92 Å². The minimum atomic E-state index is -5.08. The van der Waals surface area contributed by atoms with E-state index in [0.717, 1.165) is 42.2 Å². The number of anilines is 1. The van der Waals surface area contributed by atoms with E-state index in [1.807, 2.05) is 24.3 Å². The second-order valence-electron chi connectivity index (χ2n) is 11.2. The molecule has 2 fully saturated rings. The molecule has 0 bridgehead atoms. The number of aliphatic carboxylic acids is 2. The van der Waals surface area contributed by atoms with Crippen LogP contribution in [0.5, 0.6) is 0 Å². The fourth-order valence-electron chi connectivity index (χ4n) is 4.97. The number of amides is 1. The summed E-state index contributed by atoms with van der Waals surface area (Å²) >= 11 is 0. The van der Waals surface area contributed by atoms with Crippen molar-refractivity contribution in [2.75, 3.05) is 11.9 Å². The summed E-state index contributed by atoms with van der Waals surface area (Å²) in [5.41, 5.74) is 4.97. The quantitative estimate of drug-likeness (QED) is 0.238. The van der Waals surface area contributed by atoms with Gasteiger partial charge in [0.15, 0.2) is 0 Å². The van der Waals surface area contributed by atoms with E-state index in [0.29, 0.717) is 12.0 Å². The van der Waals surface area contributed by atoms with Gasteiger partial charge >= 0.3 is 24.3 Å². The second kappa shape index (κ2) is 13.9. The van der Waals surface area contributed by atoms with Crippen LogP contribution in [0, 0.1) is 5.92 Å². The number of hydrogen-bond acceptors (Lipinski definition) is 5. The maximum atomic E-state index is 12.9. The fourth-order valence-corrected chi connectivity index (χ4v) is 4.97. The molecule has 2 aromatic carbocycles. The third-order valence-electron chi connectivity index (χ3n) is 7.59. The van der Waals surface area contributed by atoms with E-state index in [1.54, 1.807) is 0 Å². The molecule has 244 valence electrons. The monoisotopic (exact) mass is 642 g/mol. The van der Waals surface area contributed by atoms with Gasteiger partial charge in [-0.2, -0.15) is 26.3 Å². The SMILES string of the molecule is O=C(Nc1ccc2c(c1)nc1n2CCCCC1)c1cccc([C@@H]2C[C@H]2NCC2CC2)c1.O=C(O)C(F)(F)F.O=C(O)C(F)(F)F. The number of carboxylic acid groups (broad SMARTS) is 2. The number of carbonyl (C=O) groups excluding carboxylic acids is 1. The van der Waals surface area contributed by atoms with Gasteiger partial charge in [0.05, 0.1) is 11.0 Å². The number of imidazole rings is 1. The van der Waals surface area contributed by atoms with E-state index < -0.39 is 24.3 Å². The molecule has 0 saturated heterocycles. The lowest BCUT2D eigenvalue weighted by atomic mass is 10.1. The molecule has 1 aromatic heterocycles. The molecule has 2 aliphatic carbocycles. The average Bonchev–Trinajstić information content (AvgIpc) is 3.88. The number of fused-ring (bicyclic) bond motifs is 3. The second-order valence-corrected chi connectivity index (χ2v) is 11.2. The standard InChI is InChI=1S/C26H30N4O.2C2HF3O2/c31-26(19-6-4-5-18(13-19)21-15-22(21)27-16-17-8-9-17)28-20-10-11-24-23(14-20)29-25-7-2-1-3-12-30(24)25;2*3-2(4,5)1(6)7/h4-6,10-11,13-14,17,21-22,27H,1-3,7-9,12,15-16H2,(H,28,31);2*(H,6,7)/t21-,22+;;/m0../s1. The van der Waals surface area contributed by atoms with Gasteiger partial charge in [-0.05, 0) is 80.5 Å². The molecule has 4 N–H and O–H groups in total. The molecule has 9 nitrogen and oxygen atoms in total. The van der Waals surface area contributed by atoms with Crippen molar-refractivity contribution in [3.05, 3.63) is 59.4 Å². The minimum Gasteiger partial charge on any atom is -0.475 e. The first-order valence-corrected chi connectivity index (χ1v) is 14.4. The Morgan fingerprint density at radius 1 is 0.911 bits per heavy atom. The number of alkyl halides is 6. The summed E-state index contributed by atoms with van der Waals surface area (Å²) in [6.45, 7) is 2.20. The van der Waals surface area contributed by atoms with Gasteiger partial charge in [-0.25, -0.2) is 14.6 Å². The first kappa shape index (κ1) is 33.7. The van der Waals surface area contributed by atoms with Crippen molar-refractivity contribution in [1.29, 1.82) is 0 Å². The number of carboxylic acids is 2. The smallest absolute Gasteiger partial charge is 0.475 e. The van der Waals surface area contributed by atoms with Crippen LogP contribution in [0.25, 0.3) is 11.0 Å². The number of rotatable bonds is 6. The maximum absolute atomic E-state index is 12.9. The highest BCUT2D eigenvalue weighted by Gasteiger charge is 2.40. The molecule has 0 unspecified atom stereocenters. The predicted molar refractivity (Wildman–Crippen MR) is 151 cm³/mol. The molecule has 2 atom stereocenters. The summed E-state index contributed by atoms with van der Waals surface area (Å²) in [5.74, 6) is -2.94. The van der Waals surface area contributed by atoms with E-state index >= 15 is 0 Å². The molecule has 0 spiro atoms. The molecule has 1 amide bonds. The molecule has 2 heterocycles. The Hall–Kier alpha value is -4.14. The maximum Gasteiger partial charge on any atom is 0.490 e. The lowest BCUT2D eigenvalue weighted by Crippen LogP contribution is -2.21. The molecule has 2 saturated carbocycles. The Kier molecular flexibility index (Phi) is 10.4. The molecule has 45 heavy (non-hydrogen) atoms. The zero-order valence-corrected chi connectivity index (χ0v) is 23.9. The zero-order valence-electron chi connectivity index (χ0n) is 23.9. The number of halogens is 6. The van der Waals surface area contributed by atoms with E-state index in [4.69, 9.17) is 24.8 Å². The molecular weight excluding hydrogens is 610 g/mol. The van der Waals surface area contributed by atoms with Crippen LogP contribution in [-0.2, 0) is 22.6 Å². The topological polar surface area (TPSA) is 134 Å². The lowest BCUT2D eigenvalue weighted by Gasteiger charge is -2.08. The van der Waals surface area contributed by atoms with Crippen molar-refractivity contribution in [3.63, 3.8) is 0 Å². The third-order valence-corrected chi connectivity index (χ3v) is 7.59. The van der Waals surface area contributed by atoms with Crippen LogP contribution in [0.1, 0.15) is 66.2 Å². The van der Waals surface area contributed by atoms with Crippen LogP contribution in [0.4, 0.5) is 32.0 Å². The Morgan fingerprint density at radius 3 is 2.20 bits per heavy atom. The Morgan fingerprint density at radius 2 is 1.58 bits per heavy atom. The van der Waals surface area contributed by atoms with E-state index in [9.17, 15) is 31.1 Å². The molecule has 1 aliphatic heterocycles. The first-order valence-electron chi connectivity index (χ1n) is 14.4. The summed E-state index contributed by atoms with van der Waals surface area (Å²) in [6.07, 6.45) is -1.48. The Balaban J connectivity index is 0.000000277. The van der Waals surface area contributed by atoms with Crippen LogP contribution >= 0.6 is 0 Å². The molecular formula is C30H32F6N4O5. The predicted octanol–water partition coefficient (Wildman–Crippen LogP) is 6.14. The van der Waals surface area contributed by atoms with E-state index in [1.165, 1.54) is 55.4 Å². The number of hydrogen-bond donors (Lipinski definition) is 4. The highest BCUT2D eigenvalue weighted by molar-refractivity contribution is 6.05. The van der Waals surface area contributed by atoms with Gasteiger partial charge in [0.2, 0.25) is 0 Å². The van der Waals surface area contributed by atoms with Crippen LogP contribution in [0.3, 0.4) is 0 Å². The molecule has 3 aliphatic rings. The van der Waals surface area contributed by atoms with Gasteiger partial charge in [0, 0.05) is 36.2 Å². The number of benzene rings is 2.